The highest BCUT2D eigenvalue weighted by Gasteiger charge is 2.30. The van der Waals surface area contributed by atoms with Crippen LogP contribution < -0.4 is 4.57 Å². The minimum Gasteiger partial charge on any atom is -0.358 e. The Kier molecular flexibility index (Phi) is 43.1. The average molecular weight is 578 g/mol. The first kappa shape index (κ1) is 58.6. The van der Waals surface area contributed by atoms with Gasteiger partial charge >= 0.3 is 0 Å². The van der Waals surface area contributed by atoms with Crippen molar-refractivity contribution in [3.05, 3.63) is 60.3 Å². The minimum atomic E-state index is 0. The van der Waals surface area contributed by atoms with Crippen LogP contribution in [0.2, 0.25) is 0 Å². The van der Waals surface area contributed by atoms with Gasteiger partial charge in [0, 0.05) is 25.2 Å². The molecule has 6 nitrogen and oxygen atoms in total. The Bertz CT molecular complexity index is 548. The van der Waals surface area contributed by atoms with E-state index in [0.717, 1.165) is 4.48 Å². The second-order valence-electron chi connectivity index (χ2n) is 12.7. The SMILES string of the molecule is C.CC.CC.CN1CC[N+](C)(C)CC1.C[N+](C)(C)C.C[N+]1(C)CC[N+](C)(C)CC1.C[n+]1ccccc1.[CH3-].[CH3-].[CH3-].[CH3-]. The zero-order valence-electron chi connectivity index (χ0n) is 31.2. The van der Waals surface area contributed by atoms with E-state index in [1.54, 1.807) is 0 Å². The van der Waals surface area contributed by atoms with Crippen LogP contribution in [0.1, 0.15) is 35.1 Å². The second kappa shape index (κ2) is 29.4. The van der Waals surface area contributed by atoms with Gasteiger partial charge in [-0.25, -0.2) is 4.57 Å². The second-order valence-corrected chi connectivity index (χ2v) is 12.7. The number of nitrogens with zero attached hydrogens (tertiary/aromatic N) is 6. The van der Waals surface area contributed by atoms with E-state index < -0.39 is 0 Å². The van der Waals surface area contributed by atoms with Crippen molar-refractivity contribution in [2.24, 2.45) is 7.05 Å². The summed E-state index contributed by atoms with van der Waals surface area (Å²) in [5.41, 5.74) is 0. The lowest BCUT2D eigenvalue weighted by Gasteiger charge is -2.42. The lowest BCUT2D eigenvalue weighted by Crippen LogP contribution is -2.60. The van der Waals surface area contributed by atoms with Gasteiger partial charge in [0.25, 0.3) is 0 Å². The molecular weight excluding hydrogens is 492 g/mol. The molecule has 0 bridgehead atoms. The van der Waals surface area contributed by atoms with Crippen LogP contribution in [-0.4, -0.2) is 153 Å². The third-order valence-corrected chi connectivity index (χ3v) is 5.66. The summed E-state index contributed by atoms with van der Waals surface area (Å²) in [6.45, 7) is 18.4. The number of likely N-dealkylation sites (N-methyl/N-ethyl adjacent to an activating group) is 4. The number of rotatable bonds is 0. The highest BCUT2D eigenvalue weighted by atomic mass is 15.4. The van der Waals surface area contributed by atoms with Gasteiger partial charge in [0.1, 0.15) is 33.2 Å². The van der Waals surface area contributed by atoms with Crippen LogP contribution in [0.4, 0.5) is 0 Å². The first-order valence-electron chi connectivity index (χ1n) is 13.7. The summed E-state index contributed by atoms with van der Waals surface area (Å²) in [5.74, 6) is 0. The van der Waals surface area contributed by atoms with Crippen molar-refractivity contribution in [3.63, 3.8) is 0 Å². The van der Waals surface area contributed by atoms with Gasteiger partial charge in [-0.2, -0.15) is 0 Å². The van der Waals surface area contributed by atoms with E-state index in [2.05, 4.69) is 82.4 Å². The van der Waals surface area contributed by atoms with Crippen molar-refractivity contribution in [1.82, 2.24) is 4.90 Å². The molecule has 250 valence electrons. The zero-order chi connectivity index (χ0) is 28.3. The van der Waals surface area contributed by atoms with Crippen molar-refractivity contribution in [2.75, 3.05) is 130 Å². The zero-order valence-corrected chi connectivity index (χ0v) is 31.2. The molecule has 3 rings (SSSR count). The Morgan fingerprint density at radius 1 is 0.550 bits per heavy atom. The molecule has 0 atom stereocenters. The summed E-state index contributed by atoms with van der Waals surface area (Å²) in [4.78, 5) is 2.39. The Morgan fingerprint density at radius 2 is 0.775 bits per heavy atom. The highest BCUT2D eigenvalue weighted by molar-refractivity contribution is 4.83. The van der Waals surface area contributed by atoms with Gasteiger partial charge in [0.2, 0.25) is 0 Å². The summed E-state index contributed by atoms with van der Waals surface area (Å²) in [7, 11) is 26.6. The summed E-state index contributed by atoms with van der Waals surface area (Å²) in [6.07, 6.45) is 4.00. The average Bonchev–Trinajstić information content (AvgIpc) is 2.76. The van der Waals surface area contributed by atoms with Gasteiger partial charge < -0.3 is 47.6 Å². The Morgan fingerprint density at radius 3 is 0.950 bits per heavy atom. The molecule has 3 heterocycles. The van der Waals surface area contributed by atoms with Crippen LogP contribution >= 0.6 is 0 Å². The van der Waals surface area contributed by atoms with Crippen LogP contribution in [0.15, 0.2) is 30.6 Å². The predicted octanol–water partition coefficient (Wildman–Crippen LogP) is 5.48. The number of hydrogen-bond donors (Lipinski definition) is 0. The van der Waals surface area contributed by atoms with E-state index >= 15 is 0 Å². The molecule has 2 fully saturated rings. The lowest BCUT2D eigenvalue weighted by atomic mass is 10.2. The topological polar surface area (TPSA) is 7.12 Å². The summed E-state index contributed by atoms with van der Waals surface area (Å²) >= 11 is 0. The Balaban J connectivity index is -0.0000000535. The van der Waals surface area contributed by atoms with Gasteiger partial charge in [-0.3, -0.25) is 4.90 Å². The molecular formula is C34H85N6+. The van der Waals surface area contributed by atoms with Crippen LogP contribution in [-0.2, 0) is 7.05 Å². The maximum Gasteiger partial charge on any atom is 0.168 e. The number of piperazine rings is 2. The maximum absolute atomic E-state index is 2.39. The largest absolute Gasteiger partial charge is 0.358 e. The van der Waals surface area contributed by atoms with Crippen molar-refractivity contribution < 1.29 is 22.5 Å². The normalized spacial score (nSPS) is 17.2. The van der Waals surface area contributed by atoms with Crippen LogP contribution in [0.5, 0.6) is 0 Å². The van der Waals surface area contributed by atoms with E-state index in [-0.39, 0.29) is 37.1 Å². The van der Waals surface area contributed by atoms with Crippen molar-refractivity contribution in [2.45, 2.75) is 35.1 Å². The van der Waals surface area contributed by atoms with Crippen molar-refractivity contribution in [1.29, 1.82) is 0 Å². The first-order chi connectivity index (χ1) is 15.9. The molecule has 0 saturated carbocycles. The molecule has 0 aromatic carbocycles. The molecule has 2 aliphatic heterocycles. The molecule has 0 unspecified atom stereocenters. The smallest absolute Gasteiger partial charge is 0.168 e. The molecule has 2 aliphatic rings. The number of hydrogen-bond acceptors (Lipinski definition) is 1. The van der Waals surface area contributed by atoms with Gasteiger partial charge in [-0.1, -0.05) is 41.2 Å². The molecule has 1 aromatic rings. The van der Waals surface area contributed by atoms with Crippen LogP contribution in [0, 0.1) is 29.7 Å². The van der Waals surface area contributed by atoms with Crippen molar-refractivity contribution in [3.8, 4) is 0 Å². The Hall–Kier alpha value is -1.05. The third-order valence-electron chi connectivity index (χ3n) is 5.66. The van der Waals surface area contributed by atoms with E-state index in [1.165, 1.54) is 65.8 Å². The highest BCUT2D eigenvalue weighted by Crippen LogP contribution is 2.09. The van der Waals surface area contributed by atoms with Crippen molar-refractivity contribution >= 4 is 0 Å². The molecule has 2 saturated heterocycles. The lowest BCUT2D eigenvalue weighted by molar-refractivity contribution is -0.998. The fourth-order valence-electron chi connectivity index (χ4n) is 2.90. The number of pyridine rings is 1. The third kappa shape index (κ3) is 44.0. The molecule has 40 heavy (non-hydrogen) atoms. The Labute approximate surface area is 259 Å². The fraction of sp³-hybridized carbons (Fsp3) is 0.735. The molecule has 0 radical (unpaired) electrons. The predicted molar refractivity (Wildman–Crippen MR) is 190 cm³/mol. The summed E-state index contributed by atoms with van der Waals surface area (Å²) < 4.78 is 6.62. The molecule has 6 heteroatoms. The fourth-order valence-corrected chi connectivity index (χ4v) is 2.90. The molecule has 0 spiro atoms. The van der Waals surface area contributed by atoms with Crippen LogP contribution in [0.25, 0.3) is 0 Å². The minimum absolute atomic E-state index is 0. The quantitative estimate of drug-likeness (QED) is 0.225. The van der Waals surface area contributed by atoms with E-state index in [4.69, 9.17) is 0 Å². The van der Waals surface area contributed by atoms with Gasteiger partial charge in [-0.15, -0.1) is 0 Å². The van der Waals surface area contributed by atoms with Gasteiger partial charge in [-0.05, 0) is 7.05 Å². The molecule has 0 aliphatic carbocycles. The van der Waals surface area contributed by atoms with Crippen LogP contribution in [0.3, 0.4) is 0 Å². The van der Waals surface area contributed by atoms with Gasteiger partial charge in [0.15, 0.2) is 12.4 Å². The van der Waals surface area contributed by atoms with E-state index in [1.807, 2.05) is 69.9 Å². The molecule has 0 N–H and O–H groups in total. The number of quaternary nitrogens is 4. The molecule has 1 aromatic heterocycles. The monoisotopic (exact) mass is 578 g/mol. The van der Waals surface area contributed by atoms with E-state index in [9.17, 15) is 0 Å². The van der Waals surface area contributed by atoms with E-state index in [0.29, 0.717) is 0 Å². The summed E-state index contributed by atoms with van der Waals surface area (Å²) in [6, 6.07) is 6.00. The van der Waals surface area contributed by atoms with Gasteiger partial charge in [0.05, 0.1) is 83.6 Å². The first-order valence-corrected chi connectivity index (χ1v) is 13.7. The number of aryl methyl sites for hydroxylation is 1. The standard InChI is InChI=1S/C8H20N2.C7H17N2.C6H8N.C4H12N.2C2H6.CH4.4CH3/c1-9(2)5-7-10(3,4)8-6-9;1-8-4-6-9(2,3)7-5-8;1-7-5-3-2-4-6-7;1-5(2,3)4;2*1-2;;;;;/h5-8H2,1-4H3;4-7H2,1-3H3;2-6H,1H3;1-4H3;2*1-2H3;1H4;4*1H3/q+2;3*+1;;;;4*-1. The summed E-state index contributed by atoms with van der Waals surface area (Å²) in [5, 5.41) is 0. The maximum atomic E-state index is 2.39. The number of aromatic nitrogens is 1. The molecule has 0 amide bonds.